The molecule has 0 aromatic carbocycles. The summed E-state index contributed by atoms with van der Waals surface area (Å²) in [5.74, 6) is 0. The molecule has 3 atom stereocenters. The molecule has 0 amide bonds. The van der Waals surface area contributed by atoms with E-state index in [1.165, 1.54) is 0 Å². The van der Waals surface area contributed by atoms with Crippen LogP contribution < -0.4 is 5.32 Å². The van der Waals surface area contributed by atoms with Crippen molar-refractivity contribution in [3.05, 3.63) is 0 Å². The SMILES string of the molecule is Br.CNCC(O)C(O)C(O)CO. The predicted octanol–water partition coefficient (Wildman–Crippen LogP) is -2.14. The van der Waals surface area contributed by atoms with Crippen molar-refractivity contribution in [2.45, 2.75) is 18.3 Å². The van der Waals surface area contributed by atoms with Crippen molar-refractivity contribution >= 4 is 17.0 Å². The predicted molar refractivity (Wildman–Crippen MR) is 49.4 cm³/mol. The smallest absolute Gasteiger partial charge is 0.109 e. The molecule has 0 aromatic heterocycles. The number of hydrogen-bond acceptors (Lipinski definition) is 5. The van der Waals surface area contributed by atoms with Crippen molar-refractivity contribution < 1.29 is 20.4 Å². The molecule has 0 aromatic rings. The number of halogens is 1. The molecule has 3 unspecified atom stereocenters. The first kappa shape index (κ1) is 14.8. The third kappa shape index (κ3) is 5.02. The molecule has 0 spiro atoms. The largest absolute Gasteiger partial charge is 0.394 e. The zero-order valence-corrected chi connectivity index (χ0v) is 8.56. The lowest BCUT2D eigenvalue weighted by Gasteiger charge is -2.20. The van der Waals surface area contributed by atoms with Gasteiger partial charge in [0.05, 0.1) is 12.7 Å². The highest BCUT2D eigenvalue weighted by molar-refractivity contribution is 8.93. The molecule has 0 saturated carbocycles. The van der Waals surface area contributed by atoms with E-state index in [-0.39, 0.29) is 23.5 Å². The monoisotopic (exact) mass is 245 g/mol. The number of aliphatic hydroxyl groups excluding tert-OH is 4. The van der Waals surface area contributed by atoms with Gasteiger partial charge in [0.2, 0.25) is 0 Å². The fraction of sp³-hybridized carbons (Fsp3) is 1.00. The third-order valence-electron chi connectivity index (χ3n) is 1.39. The Bertz CT molecular complexity index is 106. The maximum Gasteiger partial charge on any atom is 0.109 e. The van der Waals surface area contributed by atoms with E-state index in [1.807, 2.05) is 0 Å². The Morgan fingerprint density at radius 3 is 2.00 bits per heavy atom. The minimum Gasteiger partial charge on any atom is -0.394 e. The van der Waals surface area contributed by atoms with Crippen LogP contribution in [0, 0.1) is 0 Å². The molecule has 12 heavy (non-hydrogen) atoms. The maximum atomic E-state index is 9.04. The molecule has 0 bridgehead atoms. The van der Waals surface area contributed by atoms with Crippen molar-refractivity contribution in [1.82, 2.24) is 5.32 Å². The number of hydrogen-bond donors (Lipinski definition) is 5. The van der Waals surface area contributed by atoms with Crippen molar-refractivity contribution in [2.75, 3.05) is 20.2 Å². The van der Waals surface area contributed by atoms with Gasteiger partial charge in [0.25, 0.3) is 0 Å². The summed E-state index contributed by atoms with van der Waals surface area (Å²) in [6, 6.07) is 0. The van der Waals surface area contributed by atoms with Crippen LogP contribution in [0.1, 0.15) is 0 Å². The quantitative estimate of drug-likeness (QED) is 0.382. The third-order valence-corrected chi connectivity index (χ3v) is 1.39. The molecule has 0 saturated heterocycles. The first-order chi connectivity index (χ1) is 5.13. The summed E-state index contributed by atoms with van der Waals surface area (Å²) in [7, 11) is 1.61. The molecule has 0 heterocycles. The number of aliphatic hydroxyl groups is 4. The molecule has 5 N–H and O–H groups in total. The van der Waals surface area contributed by atoms with E-state index < -0.39 is 24.9 Å². The second-order valence-corrected chi connectivity index (χ2v) is 2.37. The lowest BCUT2D eigenvalue weighted by molar-refractivity contribution is -0.0745. The summed E-state index contributed by atoms with van der Waals surface area (Å²) in [6.07, 6.45) is -3.63. The van der Waals surface area contributed by atoms with Crippen LogP contribution in [-0.2, 0) is 0 Å². The molecular weight excluding hydrogens is 230 g/mol. The van der Waals surface area contributed by atoms with Crippen molar-refractivity contribution in [1.29, 1.82) is 0 Å². The lowest BCUT2D eigenvalue weighted by atomic mass is 10.1. The highest BCUT2D eigenvalue weighted by Gasteiger charge is 2.22. The Labute approximate surface area is 81.8 Å². The van der Waals surface area contributed by atoms with E-state index in [2.05, 4.69) is 5.32 Å². The molecule has 76 valence electrons. The van der Waals surface area contributed by atoms with E-state index in [1.54, 1.807) is 7.05 Å². The zero-order chi connectivity index (χ0) is 8.85. The standard InChI is InChI=1S/C6H15NO4.BrH/c1-7-2-4(9)6(11)5(10)3-8;/h4-11H,2-3H2,1H3;1H. The van der Waals surface area contributed by atoms with Crippen LogP contribution in [0.3, 0.4) is 0 Å². The van der Waals surface area contributed by atoms with Gasteiger partial charge in [-0.25, -0.2) is 0 Å². The first-order valence-corrected chi connectivity index (χ1v) is 3.43. The van der Waals surface area contributed by atoms with Crippen molar-refractivity contribution in [3.63, 3.8) is 0 Å². The van der Waals surface area contributed by atoms with Gasteiger partial charge in [0, 0.05) is 6.54 Å². The van der Waals surface area contributed by atoms with E-state index in [0.29, 0.717) is 0 Å². The van der Waals surface area contributed by atoms with Crippen LogP contribution in [0.15, 0.2) is 0 Å². The summed E-state index contributed by atoms with van der Waals surface area (Å²) in [6.45, 7) is -0.375. The Kier molecular flexibility index (Phi) is 9.74. The average molecular weight is 246 g/mol. The van der Waals surface area contributed by atoms with Crippen LogP contribution in [0.2, 0.25) is 0 Å². The zero-order valence-electron chi connectivity index (χ0n) is 6.84. The summed E-state index contributed by atoms with van der Waals surface area (Å²) in [5.41, 5.74) is 0. The van der Waals surface area contributed by atoms with Crippen LogP contribution >= 0.6 is 17.0 Å². The summed E-state index contributed by atoms with van der Waals surface area (Å²) in [4.78, 5) is 0. The number of nitrogens with one attached hydrogen (secondary N) is 1. The van der Waals surface area contributed by atoms with Crippen LogP contribution in [0.25, 0.3) is 0 Å². The van der Waals surface area contributed by atoms with Crippen molar-refractivity contribution in [2.24, 2.45) is 0 Å². The van der Waals surface area contributed by atoms with Gasteiger partial charge in [0.15, 0.2) is 0 Å². The van der Waals surface area contributed by atoms with E-state index in [4.69, 9.17) is 20.4 Å². The Balaban J connectivity index is 0. The fourth-order valence-electron chi connectivity index (χ4n) is 0.694. The summed E-state index contributed by atoms with van der Waals surface area (Å²) < 4.78 is 0. The van der Waals surface area contributed by atoms with E-state index in [9.17, 15) is 0 Å². The van der Waals surface area contributed by atoms with Gasteiger partial charge in [0.1, 0.15) is 12.2 Å². The average Bonchev–Trinajstić information content (AvgIpc) is 2.02. The van der Waals surface area contributed by atoms with Crippen LogP contribution in [0.5, 0.6) is 0 Å². The van der Waals surface area contributed by atoms with Gasteiger partial charge >= 0.3 is 0 Å². The molecule has 5 nitrogen and oxygen atoms in total. The normalized spacial score (nSPS) is 17.8. The molecular formula is C6H16BrNO4. The van der Waals surface area contributed by atoms with Gasteiger partial charge in [-0.15, -0.1) is 17.0 Å². The van der Waals surface area contributed by atoms with Gasteiger partial charge in [-0.1, -0.05) is 0 Å². The summed E-state index contributed by atoms with van der Waals surface area (Å²) >= 11 is 0. The van der Waals surface area contributed by atoms with Gasteiger partial charge in [-0.2, -0.15) is 0 Å². The molecule has 6 heteroatoms. The Hall–Kier alpha value is 0.280. The topological polar surface area (TPSA) is 93.0 Å². The minimum absolute atomic E-state index is 0. The number of likely N-dealkylation sites (N-methyl/N-ethyl adjacent to an activating group) is 1. The van der Waals surface area contributed by atoms with Crippen molar-refractivity contribution in [3.8, 4) is 0 Å². The second-order valence-electron chi connectivity index (χ2n) is 2.37. The highest BCUT2D eigenvalue weighted by atomic mass is 79.9. The van der Waals surface area contributed by atoms with Crippen LogP contribution in [-0.4, -0.2) is 58.9 Å². The fourth-order valence-corrected chi connectivity index (χ4v) is 0.694. The first-order valence-electron chi connectivity index (χ1n) is 3.43. The summed E-state index contributed by atoms with van der Waals surface area (Å²) in [5, 5.41) is 37.9. The van der Waals surface area contributed by atoms with Gasteiger partial charge in [-0.05, 0) is 7.05 Å². The molecule has 0 aliphatic heterocycles. The molecule has 0 rings (SSSR count). The van der Waals surface area contributed by atoms with Crippen LogP contribution in [0.4, 0.5) is 0 Å². The van der Waals surface area contributed by atoms with E-state index in [0.717, 1.165) is 0 Å². The maximum absolute atomic E-state index is 9.04. The van der Waals surface area contributed by atoms with Gasteiger partial charge < -0.3 is 25.7 Å². The minimum atomic E-state index is -1.30. The van der Waals surface area contributed by atoms with Gasteiger partial charge in [-0.3, -0.25) is 0 Å². The molecule has 0 fully saturated rings. The Morgan fingerprint density at radius 1 is 1.17 bits per heavy atom. The van der Waals surface area contributed by atoms with E-state index >= 15 is 0 Å². The number of rotatable bonds is 5. The Morgan fingerprint density at radius 2 is 1.67 bits per heavy atom. The second kappa shape index (κ2) is 7.90. The molecule has 0 radical (unpaired) electrons. The highest BCUT2D eigenvalue weighted by Crippen LogP contribution is 1.98. The molecule has 0 aliphatic rings. The molecule has 0 aliphatic carbocycles. The lowest BCUT2D eigenvalue weighted by Crippen LogP contribution is -2.43.